The molecule has 0 N–H and O–H groups in total. The summed E-state index contributed by atoms with van der Waals surface area (Å²) in [7, 11) is 0. The van der Waals surface area contributed by atoms with Crippen LogP contribution in [0.5, 0.6) is 0 Å². The molecule has 0 saturated carbocycles. The van der Waals surface area contributed by atoms with E-state index in [1.807, 2.05) is 6.07 Å². The summed E-state index contributed by atoms with van der Waals surface area (Å²) < 4.78 is 6.41. The van der Waals surface area contributed by atoms with Crippen molar-refractivity contribution < 1.29 is 4.42 Å². The van der Waals surface area contributed by atoms with Crippen LogP contribution in [-0.2, 0) is 0 Å². The Bertz CT molecular complexity index is 2030. The monoisotopic (exact) mass is 444 g/mol. The molecule has 1 aromatic heterocycles. The molecule has 0 atom stereocenters. The third-order valence-corrected chi connectivity index (χ3v) is 7.42. The number of hydrogen-bond donors (Lipinski definition) is 0. The van der Waals surface area contributed by atoms with Crippen molar-refractivity contribution in [3.63, 3.8) is 0 Å². The van der Waals surface area contributed by atoms with E-state index < -0.39 is 0 Å². The molecule has 1 nitrogen and oxygen atoms in total. The summed E-state index contributed by atoms with van der Waals surface area (Å²) in [6, 6.07) is 43.6. The Morgan fingerprint density at radius 2 is 1.14 bits per heavy atom. The molecule has 0 saturated heterocycles. The molecule has 1 heterocycles. The van der Waals surface area contributed by atoms with E-state index in [0.717, 1.165) is 27.5 Å². The summed E-state index contributed by atoms with van der Waals surface area (Å²) in [6.45, 7) is 0. The SMILES string of the molecule is c1ccc(-c2cccc3c2oc2ccc(-c4ccc5ccc6cccc7ccc4c5c67)cc23)cc1. The number of hydrogen-bond acceptors (Lipinski definition) is 1. The summed E-state index contributed by atoms with van der Waals surface area (Å²) in [6.07, 6.45) is 0. The zero-order chi connectivity index (χ0) is 22.9. The van der Waals surface area contributed by atoms with Gasteiger partial charge in [0.05, 0.1) is 0 Å². The van der Waals surface area contributed by atoms with Crippen LogP contribution in [-0.4, -0.2) is 0 Å². The molecule has 0 unspecified atom stereocenters. The van der Waals surface area contributed by atoms with Gasteiger partial charge in [-0.1, -0.05) is 109 Å². The van der Waals surface area contributed by atoms with Crippen molar-refractivity contribution in [1.29, 1.82) is 0 Å². The van der Waals surface area contributed by atoms with Crippen LogP contribution in [0, 0.1) is 0 Å². The minimum Gasteiger partial charge on any atom is -0.455 e. The van der Waals surface area contributed by atoms with Crippen LogP contribution in [0.3, 0.4) is 0 Å². The first-order valence-electron chi connectivity index (χ1n) is 12.0. The molecule has 8 rings (SSSR count). The molecular weight excluding hydrogens is 424 g/mol. The Labute approximate surface area is 202 Å². The highest BCUT2D eigenvalue weighted by Gasteiger charge is 2.15. The summed E-state index contributed by atoms with van der Waals surface area (Å²) in [5, 5.41) is 10.2. The number of para-hydroxylation sites is 1. The smallest absolute Gasteiger partial charge is 0.143 e. The standard InChI is InChI=1S/C34H20O/c1-2-6-21(7-3-1)27-10-5-11-29-30-20-25(16-19-31(30)35-34(27)29)26-17-14-24-13-12-22-8-4-9-23-15-18-28(26)33(24)32(22)23/h1-20H. The summed E-state index contributed by atoms with van der Waals surface area (Å²) in [5.74, 6) is 0. The maximum absolute atomic E-state index is 6.41. The molecule has 1 heteroatoms. The van der Waals surface area contributed by atoms with E-state index in [4.69, 9.17) is 4.42 Å². The average molecular weight is 445 g/mol. The molecule has 162 valence electrons. The first-order chi connectivity index (χ1) is 17.3. The Balaban J connectivity index is 1.40. The van der Waals surface area contributed by atoms with E-state index in [0.29, 0.717) is 0 Å². The van der Waals surface area contributed by atoms with Crippen LogP contribution in [0.1, 0.15) is 0 Å². The van der Waals surface area contributed by atoms with Gasteiger partial charge in [0.2, 0.25) is 0 Å². The van der Waals surface area contributed by atoms with Gasteiger partial charge in [-0.05, 0) is 61.1 Å². The van der Waals surface area contributed by atoms with Gasteiger partial charge in [0.15, 0.2) is 0 Å². The van der Waals surface area contributed by atoms with Crippen molar-refractivity contribution in [3.05, 3.63) is 121 Å². The largest absolute Gasteiger partial charge is 0.455 e. The maximum atomic E-state index is 6.41. The van der Waals surface area contributed by atoms with Crippen LogP contribution in [0.25, 0.3) is 76.5 Å². The van der Waals surface area contributed by atoms with Gasteiger partial charge in [-0.25, -0.2) is 0 Å². The van der Waals surface area contributed by atoms with Crippen LogP contribution >= 0.6 is 0 Å². The van der Waals surface area contributed by atoms with Crippen LogP contribution in [0.2, 0.25) is 0 Å². The second-order valence-electron chi connectivity index (χ2n) is 9.33. The molecule has 35 heavy (non-hydrogen) atoms. The van der Waals surface area contributed by atoms with Gasteiger partial charge in [0, 0.05) is 16.3 Å². The highest BCUT2D eigenvalue weighted by molar-refractivity contribution is 6.25. The van der Waals surface area contributed by atoms with Crippen LogP contribution < -0.4 is 0 Å². The quantitative estimate of drug-likeness (QED) is 0.242. The Kier molecular flexibility index (Phi) is 3.72. The van der Waals surface area contributed by atoms with E-state index in [1.54, 1.807) is 0 Å². The fraction of sp³-hybridized carbons (Fsp3) is 0. The molecule has 0 aliphatic heterocycles. The van der Waals surface area contributed by atoms with Crippen molar-refractivity contribution in [2.24, 2.45) is 0 Å². The lowest BCUT2D eigenvalue weighted by Crippen LogP contribution is -1.87. The summed E-state index contributed by atoms with van der Waals surface area (Å²) in [5.41, 5.74) is 6.63. The van der Waals surface area contributed by atoms with Crippen molar-refractivity contribution in [1.82, 2.24) is 0 Å². The molecule has 0 spiro atoms. The molecule has 0 aliphatic rings. The van der Waals surface area contributed by atoms with Gasteiger partial charge in [-0.15, -0.1) is 0 Å². The Hall–Kier alpha value is -4.62. The molecule has 0 radical (unpaired) electrons. The predicted molar refractivity (Wildman–Crippen MR) is 148 cm³/mol. The lowest BCUT2D eigenvalue weighted by atomic mass is 9.89. The Morgan fingerprint density at radius 3 is 2.00 bits per heavy atom. The average Bonchev–Trinajstić information content (AvgIpc) is 3.30. The van der Waals surface area contributed by atoms with Crippen molar-refractivity contribution in [3.8, 4) is 22.3 Å². The minimum absolute atomic E-state index is 0.921. The molecule has 0 bridgehead atoms. The fourth-order valence-corrected chi connectivity index (χ4v) is 5.80. The second-order valence-corrected chi connectivity index (χ2v) is 9.33. The maximum Gasteiger partial charge on any atom is 0.143 e. The van der Waals surface area contributed by atoms with E-state index >= 15 is 0 Å². The van der Waals surface area contributed by atoms with Crippen molar-refractivity contribution >= 4 is 54.3 Å². The topological polar surface area (TPSA) is 13.1 Å². The number of rotatable bonds is 2. The molecule has 0 amide bonds. The van der Waals surface area contributed by atoms with Crippen molar-refractivity contribution in [2.45, 2.75) is 0 Å². The molecule has 8 aromatic rings. The van der Waals surface area contributed by atoms with Gasteiger partial charge in [-0.2, -0.15) is 0 Å². The van der Waals surface area contributed by atoms with Gasteiger partial charge < -0.3 is 4.42 Å². The summed E-state index contributed by atoms with van der Waals surface area (Å²) >= 11 is 0. The van der Waals surface area contributed by atoms with Gasteiger partial charge in [0.25, 0.3) is 0 Å². The molecule has 0 aliphatic carbocycles. The molecule has 7 aromatic carbocycles. The van der Waals surface area contributed by atoms with Gasteiger partial charge in [-0.3, -0.25) is 0 Å². The second kappa shape index (κ2) is 6.94. The third kappa shape index (κ3) is 2.64. The minimum atomic E-state index is 0.921. The lowest BCUT2D eigenvalue weighted by Gasteiger charge is -2.14. The Morgan fingerprint density at radius 1 is 0.400 bits per heavy atom. The first kappa shape index (κ1) is 18.8. The zero-order valence-electron chi connectivity index (χ0n) is 19.0. The molecule has 0 fully saturated rings. The summed E-state index contributed by atoms with van der Waals surface area (Å²) in [4.78, 5) is 0. The first-order valence-corrected chi connectivity index (χ1v) is 12.0. The van der Waals surface area contributed by atoms with Gasteiger partial charge in [0.1, 0.15) is 11.2 Å². The van der Waals surface area contributed by atoms with Crippen LogP contribution in [0.15, 0.2) is 126 Å². The fourth-order valence-electron chi connectivity index (χ4n) is 5.80. The third-order valence-electron chi connectivity index (χ3n) is 7.42. The van der Waals surface area contributed by atoms with Gasteiger partial charge >= 0.3 is 0 Å². The number of furan rings is 1. The van der Waals surface area contributed by atoms with Crippen molar-refractivity contribution in [2.75, 3.05) is 0 Å². The van der Waals surface area contributed by atoms with Crippen LogP contribution in [0.4, 0.5) is 0 Å². The van der Waals surface area contributed by atoms with E-state index in [-0.39, 0.29) is 0 Å². The van der Waals surface area contributed by atoms with E-state index in [1.165, 1.54) is 49.0 Å². The number of benzene rings is 7. The highest BCUT2D eigenvalue weighted by Crippen LogP contribution is 2.41. The van der Waals surface area contributed by atoms with E-state index in [2.05, 4.69) is 115 Å². The normalized spacial score (nSPS) is 12.0. The number of fused-ring (bicyclic) bond motifs is 3. The van der Waals surface area contributed by atoms with E-state index in [9.17, 15) is 0 Å². The predicted octanol–water partition coefficient (Wildman–Crippen LogP) is 9.82. The molecular formula is C34H20O. The zero-order valence-corrected chi connectivity index (χ0v) is 19.0. The highest BCUT2D eigenvalue weighted by atomic mass is 16.3. The lowest BCUT2D eigenvalue weighted by molar-refractivity contribution is 0.670.